The van der Waals surface area contributed by atoms with Crippen LogP contribution in [0, 0.1) is 0 Å². The third-order valence-electron chi connectivity index (χ3n) is 1.66. The Morgan fingerprint density at radius 3 is 2.23 bits per heavy atom. The number of aliphatic hydroxyl groups excluding tert-OH is 2. The fraction of sp³-hybridized carbons (Fsp3) is 0.875. The Kier molecular flexibility index (Phi) is 7.57. The average Bonchev–Trinajstić information content (AvgIpc) is 2.04. The highest BCUT2D eigenvalue weighted by molar-refractivity contribution is 5.69. The van der Waals surface area contributed by atoms with Gasteiger partial charge in [-0.05, 0) is 19.4 Å². The summed E-state index contributed by atoms with van der Waals surface area (Å²) in [7, 11) is 0. The maximum atomic E-state index is 10.3. The predicted molar refractivity (Wildman–Crippen MR) is 47.5 cm³/mol. The predicted octanol–water partition coefficient (Wildman–Crippen LogP) is -0.862. The van der Waals surface area contributed by atoms with Crippen molar-refractivity contribution in [2.24, 2.45) is 0 Å². The number of aliphatic hydroxyl groups is 2. The number of aliphatic carboxylic acids is 1. The summed E-state index contributed by atoms with van der Waals surface area (Å²) in [6, 6.07) is 0. The van der Waals surface area contributed by atoms with E-state index in [1.807, 2.05) is 0 Å². The highest BCUT2D eigenvalue weighted by atomic mass is 16.4. The lowest BCUT2D eigenvalue weighted by molar-refractivity contribution is -0.138. The second-order valence-electron chi connectivity index (χ2n) is 2.82. The Labute approximate surface area is 77.6 Å². The molecule has 0 bridgehead atoms. The molecule has 3 N–H and O–H groups in total. The van der Waals surface area contributed by atoms with Gasteiger partial charge in [0.2, 0.25) is 0 Å². The number of hydrogen-bond acceptors (Lipinski definition) is 4. The van der Waals surface area contributed by atoms with Gasteiger partial charge >= 0.3 is 5.97 Å². The lowest BCUT2D eigenvalue weighted by Crippen LogP contribution is -2.33. The van der Waals surface area contributed by atoms with E-state index in [1.54, 1.807) is 4.90 Å². The van der Waals surface area contributed by atoms with Crippen molar-refractivity contribution in [3.05, 3.63) is 0 Å². The molecule has 0 radical (unpaired) electrons. The minimum absolute atomic E-state index is 0.0353. The van der Waals surface area contributed by atoms with E-state index in [-0.39, 0.29) is 19.8 Å². The SMILES string of the molecule is O=C(O)CN(CCO)CCCCO. The molecule has 0 atom stereocenters. The van der Waals surface area contributed by atoms with Gasteiger partial charge in [-0.3, -0.25) is 9.69 Å². The third kappa shape index (κ3) is 7.70. The van der Waals surface area contributed by atoms with Crippen molar-refractivity contribution in [2.45, 2.75) is 12.8 Å². The first-order chi connectivity index (χ1) is 6.20. The van der Waals surface area contributed by atoms with Crippen LogP contribution in [0.3, 0.4) is 0 Å². The van der Waals surface area contributed by atoms with Crippen LogP contribution in [0.2, 0.25) is 0 Å². The molecule has 0 unspecified atom stereocenters. The van der Waals surface area contributed by atoms with Gasteiger partial charge in [0, 0.05) is 13.2 Å². The van der Waals surface area contributed by atoms with Gasteiger partial charge in [-0.15, -0.1) is 0 Å². The molecule has 0 aliphatic carbocycles. The van der Waals surface area contributed by atoms with Crippen LogP contribution in [0.4, 0.5) is 0 Å². The molecule has 0 saturated heterocycles. The highest BCUT2D eigenvalue weighted by Crippen LogP contribution is 1.94. The van der Waals surface area contributed by atoms with Gasteiger partial charge in [-0.1, -0.05) is 0 Å². The number of rotatable bonds is 8. The summed E-state index contributed by atoms with van der Waals surface area (Å²) in [6.07, 6.45) is 1.42. The van der Waals surface area contributed by atoms with Gasteiger partial charge in [0.15, 0.2) is 0 Å². The van der Waals surface area contributed by atoms with Crippen molar-refractivity contribution in [3.63, 3.8) is 0 Å². The van der Waals surface area contributed by atoms with Crippen LogP contribution in [-0.4, -0.2) is 59.0 Å². The van der Waals surface area contributed by atoms with Crippen LogP contribution in [0.15, 0.2) is 0 Å². The second kappa shape index (κ2) is 7.97. The van der Waals surface area contributed by atoms with Crippen molar-refractivity contribution in [1.82, 2.24) is 4.90 Å². The van der Waals surface area contributed by atoms with Crippen molar-refractivity contribution >= 4 is 5.97 Å². The summed E-state index contributed by atoms with van der Waals surface area (Å²) in [6.45, 7) is 1.02. The van der Waals surface area contributed by atoms with Gasteiger partial charge in [-0.2, -0.15) is 0 Å². The van der Waals surface area contributed by atoms with Gasteiger partial charge < -0.3 is 15.3 Å². The van der Waals surface area contributed by atoms with Gasteiger partial charge in [-0.25, -0.2) is 0 Å². The zero-order chi connectivity index (χ0) is 10.1. The molecule has 0 aromatic heterocycles. The van der Waals surface area contributed by atoms with Crippen LogP contribution in [0.1, 0.15) is 12.8 Å². The van der Waals surface area contributed by atoms with Gasteiger partial charge in [0.1, 0.15) is 0 Å². The maximum Gasteiger partial charge on any atom is 0.317 e. The number of hydrogen-bond donors (Lipinski definition) is 3. The molecule has 0 aromatic rings. The quantitative estimate of drug-likeness (QED) is 0.435. The van der Waals surface area contributed by atoms with Crippen LogP contribution in [0.5, 0.6) is 0 Å². The lowest BCUT2D eigenvalue weighted by atomic mass is 10.3. The number of carboxylic acid groups (broad SMARTS) is 1. The first-order valence-corrected chi connectivity index (χ1v) is 4.36. The monoisotopic (exact) mass is 191 g/mol. The smallest absolute Gasteiger partial charge is 0.317 e. The minimum atomic E-state index is -0.891. The van der Waals surface area contributed by atoms with Crippen molar-refractivity contribution in [1.29, 1.82) is 0 Å². The van der Waals surface area contributed by atoms with E-state index in [1.165, 1.54) is 0 Å². The Morgan fingerprint density at radius 1 is 1.08 bits per heavy atom. The number of nitrogens with zero attached hydrogens (tertiary/aromatic N) is 1. The van der Waals surface area contributed by atoms with Crippen molar-refractivity contribution in [3.8, 4) is 0 Å². The van der Waals surface area contributed by atoms with Gasteiger partial charge in [0.05, 0.1) is 13.2 Å². The van der Waals surface area contributed by atoms with E-state index in [2.05, 4.69) is 0 Å². The molecule has 13 heavy (non-hydrogen) atoms. The van der Waals surface area contributed by atoms with E-state index >= 15 is 0 Å². The van der Waals surface area contributed by atoms with E-state index in [4.69, 9.17) is 15.3 Å². The molecule has 0 spiro atoms. The standard InChI is InChI=1S/C8H17NO4/c10-5-2-1-3-9(4-6-11)7-8(12)13/h10-11H,1-7H2,(H,12,13). The molecule has 0 heterocycles. The zero-order valence-corrected chi connectivity index (χ0v) is 7.65. The first-order valence-electron chi connectivity index (χ1n) is 4.36. The Bertz CT molecular complexity index is 140. The summed E-state index contributed by atoms with van der Waals surface area (Å²) < 4.78 is 0. The van der Waals surface area contributed by atoms with E-state index in [9.17, 15) is 4.79 Å². The molecule has 0 rings (SSSR count). The van der Waals surface area contributed by atoms with Gasteiger partial charge in [0.25, 0.3) is 0 Å². The molecule has 5 heteroatoms. The van der Waals surface area contributed by atoms with E-state index in [0.717, 1.165) is 6.42 Å². The van der Waals surface area contributed by atoms with Crippen molar-refractivity contribution in [2.75, 3.05) is 32.8 Å². The molecular formula is C8H17NO4. The molecule has 5 nitrogen and oxygen atoms in total. The molecule has 0 aromatic carbocycles. The lowest BCUT2D eigenvalue weighted by Gasteiger charge is -2.18. The molecule has 78 valence electrons. The molecule has 0 aliphatic rings. The summed E-state index contributed by atoms with van der Waals surface area (Å²) in [5, 5.41) is 25.6. The van der Waals surface area contributed by atoms with Crippen molar-refractivity contribution < 1.29 is 20.1 Å². The Balaban J connectivity index is 3.59. The Hall–Kier alpha value is -0.650. The fourth-order valence-electron chi connectivity index (χ4n) is 1.05. The number of carbonyl (C=O) groups is 1. The van der Waals surface area contributed by atoms with E-state index < -0.39 is 5.97 Å². The average molecular weight is 191 g/mol. The topological polar surface area (TPSA) is 81.0 Å². The molecular weight excluding hydrogens is 174 g/mol. The third-order valence-corrected chi connectivity index (χ3v) is 1.66. The Morgan fingerprint density at radius 2 is 1.77 bits per heavy atom. The second-order valence-corrected chi connectivity index (χ2v) is 2.82. The number of carboxylic acids is 1. The minimum Gasteiger partial charge on any atom is -0.480 e. The number of unbranched alkanes of at least 4 members (excludes halogenated alkanes) is 1. The van der Waals surface area contributed by atoms with Crippen LogP contribution in [0.25, 0.3) is 0 Å². The normalized spacial score (nSPS) is 10.7. The van der Waals surface area contributed by atoms with Crippen LogP contribution in [-0.2, 0) is 4.79 Å². The molecule has 0 saturated carbocycles. The van der Waals surface area contributed by atoms with E-state index in [0.29, 0.717) is 19.5 Å². The summed E-state index contributed by atoms with van der Waals surface area (Å²) >= 11 is 0. The maximum absolute atomic E-state index is 10.3. The van der Waals surface area contributed by atoms with Crippen LogP contribution >= 0.6 is 0 Å². The highest BCUT2D eigenvalue weighted by Gasteiger charge is 2.07. The first kappa shape index (κ1) is 12.3. The summed E-state index contributed by atoms with van der Waals surface area (Å²) in [5.74, 6) is -0.891. The summed E-state index contributed by atoms with van der Waals surface area (Å²) in [5.41, 5.74) is 0. The van der Waals surface area contributed by atoms with Crippen LogP contribution < -0.4 is 0 Å². The fourth-order valence-corrected chi connectivity index (χ4v) is 1.05. The zero-order valence-electron chi connectivity index (χ0n) is 7.65. The summed E-state index contributed by atoms with van der Waals surface area (Å²) in [4.78, 5) is 12.0. The molecule has 0 fully saturated rings. The largest absolute Gasteiger partial charge is 0.480 e. The molecule has 0 aliphatic heterocycles. The molecule has 0 amide bonds.